The molecule has 6 nitrogen and oxygen atoms in total. The van der Waals surface area contributed by atoms with Gasteiger partial charge in [-0.25, -0.2) is 15.0 Å². The maximum Gasteiger partial charge on any atom is 0.265 e. The Kier molecular flexibility index (Phi) is 4.51. The molecule has 7 heteroatoms. The highest BCUT2D eigenvalue weighted by atomic mass is 35.5. The molecule has 30 heavy (non-hydrogen) atoms. The Labute approximate surface area is 177 Å². The Morgan fingerprint density at radius 2 is 1.67 bits per heavy atom. The average molecular weight is 418 g/mol. The summed E-state index contributed by atoms with van der Waals surface area (Å²) < 4.78 is 3.63. The van der Waals surface area contributed by atoms with E-state index in [1.54, 1.807) is 10.9 Å². The summed E-state index contributed by atoms with van der Waals surface area (Å²) in [6.07, 6.45) is 1.61. The third kappa shape index (κ3) is 3.13. The Bertz CT molecular complexity index is 1450. The van der Waals surface area contributed by atoms with Gasteiger partial charge in [0.05, 0.1) is 17.6 Å². The first kappa shape index (κ1) is 18.8. The molecule has 0 bridgehead atoms. The highest BCUT2D eigenvalue weighted by molar-refractivity contribution is 6.30. The van der Waals surface area contributed by atoms with Gasteiger partial charge < -0.3 is 4.57 Å². The first-order valence-electron chi connectivity index (χ1n) is 9.90. The Balaban J connectivity index is 1.78. The van der Waals surface area contributed by atoms with Crippen LogP contribution in [0.4, 0.5) is 0 Å². The second-order valence-corrected chi connectivity index (χ2v) is 8.33. The second-order valence-electron chi connectivity index (χ2n) is 7.89. The van der Waals surface area contributed by atoms with Gasteiger partial charge in [0, 0.05) is 11.6 Å². The maximum atomic E-state index is 13.5. The summed E-state index contributed by atoms with van der Waals surface area (Å²) in [5.74, 6) is 0.371. The molecule has 0 unspecified atom stereocenters. The highest BCUT2D eigenvalue weighted by Gasteiger charge is 2.20. The molecule has 0 atom stereocenters. The van der Waals surface area contributed by atoms with Crippen LogP contribution in [0.1, 0.15) is 19.4 Å². The van der Waals surface area contributed by atoms with Crippen LogP contribution in [-0.4, -0.2) is 24.1 Å². The van der Waals surface area contributed by atoms with Gasteiger partial charge in [-0.3, -0.25) is 9.36 Å². The van der Waals surface area contributed by atoms with Gasteiger partial charge in [0.15, 0.2) is 11.3 Å². The van der Waals surface area contributed by atoms with E-state index in [9.17, 15) is 4.79 Å². The normalized spacial score (nSPS) is 11.9. The number of benzene rings is 2. The fraction of sp³-hybridized carbons (Fsp3) is 0.217. The molecule has 5 aromatic rings. The molecule has 2 aromatic carbocycles. The zero-order valence-corrected chi connectivity index (χ0v) is 17.5. The van der Waals surface area contributed by atoms with Crippen LogP contribution in [0.5, 0.6) is 0 Å². The van der Waals surface area contributed by atoms with E-state index in [1.165, 1.54) is 0 Å². The molecule has 3 heterocycles. The fourth-order valence-corrected chi connectivity index (χ4v) is 3.90. The monoisotopic (exact) mass is 417 g/mol. The predicted octanol–water partition coefficient (Wildman–Crippen LogP) is 4.65. The van der Waals surface area contributed by atoms with E-state index in [2.05, 4.69) is 18.8 Å². The molecule has 0 amide bonds. The first-order chi connectivity index (χ1) is 14.5. The lowest BCUT2D eigenvalue weighted by molar-refractivity contribution is 0.540. The van der Waals surface area contributed by atoms with E-state index in [1.807, 2.05) is 53.1 Å². The third-order valence-electron chi connectivity index (χ3n) is 5.13. The van der Waals surface area contributed by atoms with Crippen LogP contribution in [-0.2, 0) is 13.1 Å². The van der Waals surface area contributed by atoms with Crippen LogP contribution in [0.2, 0.25) is 5.02 Å². The van der Waals surface area contributed by atoms with Crippen molar-refractivity contribution >= 4 is 44.8 Å². The first-order valence-corrected chi connectivity index (χ1v) is 10.3. The van der Waals surface area contributed by atoms with Gasteiger partial charge in [-0.2, -0.15) is 0 Å². The van der Waals surface area contributed by atoms with E-state index >= 15 is 0 Å². The number of halogens is 1. The van der Waals surface area contributed by atoms with Crippen molar-refractivity contribution in [2.75, 3.05) is 0 Å². The molecule has 0 N–H and O–H groups in total. The van der Waals surface area contributed by atoms with Gasteiger partial charge in [0.25, 0.3) is 5.56 Å². The molecule has 0 fully saturated rings. The number of hydrogen-bond donors (Lipinski definition) is 0. The summed E-state index contributed by atoms with van der Waals surface area (Å²) >= 11 is 5.98. The zero-order chi connectivity index (χ0) is 20.8. The Morgan fingerprint density at radius 3 is 2.37 bits per heavy atom. The second kappa shape index (κ2) is 7.22. The van der Waals surface area contributed by atoms with E-state index in [-0.39, 0.29) is 5.56 Å². The fourth-order valence-electron chi connectivity index (χ4n) is 3.78. The predicted molar refractivity (Wildman–Crippen MR) is 120 cm³/mol. The minimum absolute atomic E-state index is 0.118. The van der Waals surface area contributed by atoms with Crippen molar-refractivity contribution in [1.82, 2.24) is 24.1 Å². The van der Waals surface area contributed by atoms with Gasteiger partial charge in [-0.05, 0) is 35.7 Å². The Hall–Kier alpha value is -3.25. The molecule has 0 saturated carbocycles. The number of para-hydroxylation sites is 2. The average Bonchev–Trinajstić information content (AvgIpc) is 3.03. The molecule has 0 spiro atoms. The number of aromatic nitrogens is 5. The molecule has 0 saturated heterocycles. The van der Waals surface area contributed by atoms with Crippen LogP contribution >= 0.6 is 11.6 Å². The quantitative estimate of drug-likeness (QED) is 0.427. The number of nitrogens with zero attached hydrogens (tertiary/aromatic N) is 5. The molecular formula is C23H20ClN5O. The number of fused-ring (bicyclic) bond motifs is 4. The van der Waals surface area contributed by atoms with Gasteiger partial charge in [0.1, 0.15) is 17.2 Å². The van der Waals surface area contributed by atoms with E-state index in [0.717, 1.165) is 16.6 Å². The standard InChI is InChI=1S/C23H20ClN5O/c1-14(2)11-29-21-19(20-22(29)27-18-6-4-3-5-17(18)26-20)23(30)28(13-25-21)12-15-7-9-16(24)10-8-15/h3-10,13-14H,11-12H2,1-2H3. The minimum Gasteiger partial charge on any atom is -0.308 e. The molecule has 150 valence electrons. The summed E-state index contributed by atoms with van der Waals surface area (Å²) in [6.45, 7) is 5.39. The van der Waals surface area contributed by atoms with Gasteiger partial charge in [0.2, 0.25) is 0 Å². The van der Waals surface area contributed by atoms with Crippen molar-refractivity contribution in [3.63, 3.8) is 0 Å². The van der Waals surface area contributed by atoms with Crippen LogP contribution < -0.4 is 5.56 Å². The van der Waals surface area contributed by atoms with Crippen molar-refractivity contribution < 1.29 is 0 Å². The molecule has 0 aliphatic rings. The van der Waals surface area contributed by atoms with Crippen molar-refractivity contribution in [3.05, 3.63) is 75.8 Å². The van der Waals surface area contributed by atoms with Crippen LogP contribution in [0, 0.1) is 5.92 Å². The van der Waals surface area contributed by atoms with Crippen molar-refractivity contribution in [2.24, 2.45) is 5.92 Å². The molecular weight excluding hydrogens is 398 g/mol. The molecule has 3 aromatic heterocycles. The molecule has 5 rings (SSSR count). The van der Waals surface area contributed by atoms with Gasteiger partial charge in [-0.1, -0.05) is 49.7 Å². The minimum atomic E-state index is -0.118. The smallest absolute Gasteiger partial charge is 0.265 e. The van der Waals surface area contributed by atoms with Gasteiger partial charge in [-0.15, -0.1) is 0 Å². The summed E-state index contributed by atoms with van der Waals surface area (Å²) in [7, 11) is 0. The van der Waals surface area contributed by atoms with Gasteiger partial charge >= 0.3 is 0 Å². The van der Waals surface area contributed by atoms with E-state index < -0.39 is 0 Å². The lowest BCUT2D eigenvalue weighted by Gasteiger charge is -2.09. The lowest BCUT2D eigenvalue weighted by atomic mass is 10.2. The molecule has 0 aliphatic carbocycles. The van der Waals surface area contributed by atoms with Crippen LogP contribution in [0.3, 0.4) is 0 Å². The van der Waals surface area contributed by atoms with E-state index in [0.29, 0.717) is 46.2 Å². The number of hydrogen-bond acceptors (Lipinski definition) is 4. The van der Waals surface area contributed by atoms with Crippen LogP contribution in [0.25, 0.3) is 33.2 Å². The zero-order valence-electron chi connectivity index (χ0n) is 16.7. The lowest BCUT2D eigenvalue weighted by Crippen LogP contribution is -2.21. The van der Waals surface area contributed by atoms with Crippen molar-refractivity contribution in [2.45, 2.75) is 26.9 Å². The van der Waals surface area contributed by atoms with Crippen molar-refractivity contribution in [3.8, 4) is 0 Å². The van der Waals surface area contributed by atoms with Crippen molar-refractivity contribution in [1.29, 1.82) is 0 Å². The third-order valence-corrected chi connectivity index (χ3v) is 5.38. The molecule has 0 radical (unpaired) electrons. The summed E-state index contributed by atoms with van der Waals surface area (Å²) in [5.41, 5.74) is 4.36. The summed E-state index contributed by atoms with van der Waals surface area (Å²) in [5, 5.41) is 1.18. The van der Waals surface area contributed by atoms with E-state index in [4.69, 9.17) is 21.6 Å². The number of rotatable bonds is 4. The maximum absolute atomic E-state index is 13.5. The Morgan fingerprint density at radius 1 is 0.967 bits per heavy atom. The summed E-state index contributed by atoms with van der Waals surface area (Å²) in [4.78, 5) is 27.8. The summed E-state index contributed by atoms with van der Waals surface area (Å²) in [6, 6.07) is 15.2. The van der Waals surface area contributed by atoms with Crippen LogP contribution in [0.15, 0.2) is 59.7 Å². The topological polar surface area (TPSA) is 65.6 Å². The largest absolute Gasteiger partial charge is 0.308 e. The highest BCUT2D eigenvalue weighted by Crippen LogP contribution is 2.26. The molecule has 0 aliphatic heterocycles. The SMILES string of the molecule is CC(C)Cn1c2nc3ccccc3nc2c2c(=O)n(Cc3ccc(Cl)cc3)cnc21.